The summed E-state index contributed by atoms with van der Waals surface area (Å²) in [4.78, 5) is 28.0. The predicted molar refractivity (Wildman–Crippen MR) is 86.6 cm³/mol. The molecule has 0 aliphatic rings. The Morgan fingerprint density at radius 1 is 1.32 bits per heavy atom. The van der Waals surface area contributed by atoms with Crippen LogP contribution in [0.15, 0.2) is 10.9 Å². The lowest BCUT2D eigenvalue weighted by molar-refractivity contribution is -0.158. The molecule has 1 heterocycles. The number of aliphatic carboxylic acids is 1. The van der Waals surface area contributed by atoms with Crippen LogP contribution in [-0.2, 0) is 9.59 Å². The Hall–Kier alpha value is -1.87. The number of amides is 1. The van der Waals surface area contributed by atoms with Gasteiger partial charge < -0.3 is 10.0 Å². The zero-order valence-corrected chi connectivity index (χ0v) is 14.1. The molecule has 1 rings (SSSR count). The van der Waals surface area contributed by atoms with Crippen LogP contribution < -0.4 is 0 Å². The molecule has 0 aliphatic carbocycles. The number of carboxylic acids is 1. The molecule has 0 atom stereocenters. The van der Waals surface area contributed by atoms with Crippen LogP contribution in [0.3, 0.4) is 0 Å². The third kappa shape index (κ3) is 6.27. The van der Waals surface area contributed by atoms with Gasteiger partial charge in [0.25, 0.3) is 0 Å². The van der Waals surface area contributed by atoms with Gasteiger partial charge in [-0.15, -0.1) is 11.3 Å². The summed E-state index contributed by atoms with van der Waals surface area (Å²) < 4.78 is 0. The van der Waals surface area contributed by atoms with Gasteiger partial charge in [-0.25, -0.2) is 9.78 Å². The van der Waals surface area contributed by atoms with E-state index < -0.39 is 17.4 Å². The molecule has 0 saturated heterocycles. The fraction of sp³-hybridized carbons (Fsp3) is 0.562. The van der Waals surface area contributed by atoms with Crippen LogP contribution in [0.25, 0.3) is 0 Å². The van der Waals surface area contributed by atoms with Gasteiger partial charge in [-0.1, -0.05) is 12.3 Å². The Bertz CT molecular complexity index is 550. The highest BCUT2D eigenvalue weighted by Crippen LogP contribution is 2.15. The van der Waals surface area contributed by atoms with Crippen LogP contribution in [0.4, 0.5) is 0 Å². The number of nitrogens with zero attached hydrogens (tertiary/aromatic N) is 2. The fourth-order valence-corrected chi connectivity index (χ4v) is 2.43. The van der Waals surface area contributed by atoms with Crippen LogP contribution in [0.2, 0.25) is 0 Å². The first-order valence-electron chi connectivity index (χ1n) is 7.24. The van der Waals surface area contributed by atoms with Crippen molar-refractivity contribution in [1.29, 1.82) is 0 Å². The highest BCUT2D eigenvalue weighted by molar-refractivity contribution is 7.07. The molecule has 0 saturated carbocycles. The average molecular weight is 322 g/mol. The number of aromatic nitrogens is 1. The molecule has 1 N–H and O–H groups in total. The van der Waals surface area contributed by atoms with Gasteiger partial charge in [0.05, 0.1) is 5.51 Å². The van der Waals surface area contributed by atoms with Gasteiger partial charge in [-0.3, -0.25) is 4.79 Å². The van der Waals surface area contributed by atoms with E-state index in [1.54, 1.807) is 5.51 Å². The van der Waals surface area contributed by atoms with Gasteiger partial charge in [0.2, 0.25) is 0 Å². The van der Waals surface area contributed by atoms with Crippen molar-refractivity contribution in [3.05, 3.63) is 16.6 Å². The van der Waals surface area contributed by atoms with Crippen LogP contribution in [0.1, 0.15) is 52.1 Å². The second-order valence-electron chi connectivity index (χ2n) is 5.92. The number of hydrogen-bond acceptors (Lipinski definition) is 4. The number of thiazole rings is 1. The van der Waals surface area contributed by atoms with Gasteiger partial charge in [-0.2, -0.15) is 0 Å². The molecule has 0 aliphatic heterocycles. The monoisotopic (exact) mass is 322 g/mol. The Labute approximate surface area is 135 Å². The number of rotatable bonds is 5. The Morgan fingerprint density at radius 3 is 2.59 bits per heavy atom. The van der Waals surface area contributed by atoms with Crippen molar-refractivity contribution in [3.8, 4) is 11.8 Å². The minimum absolute atomic E-state index is 0.453. The molecule has 22 heavy (non-hydrogen) atoms. The van der Waals surface area contributed by atoms with Crippen molar-refractivity contribution in [3.63, 3.8) is 0 Å². The normalized spacial score (nSPS) is 10.7. The van der Waals surface area contributed by atoms with E-state index in [9.17, 15) is 9.59 Å². The number of hydrogen-bond donors (Lipinski definition) is 1. The molecule has 1 aromatic heterocycles. The van der Waals surface area contributed by atoms with Gasteiger partial charge in [0.1, 0.15) is 5.69 Å². The van der Waals surface area contributed by atoms with E-state index >= 15 is 0 Å². The van der Waals surface area contributed by atoms with Crippen LogP contribution in [-0.4, -0.2) is 39.0 Å². The third-order valence-electron chi connectivity index (χ3n) is 3.07. The van der Waals surface area contributed by atoms with Crippen molar-refractivity contribution in [2.24, 2.45) is 0 Å². The van der Waals surface area contributed by atoms with E-state index in [0.29, 0.717) is 6.54 Å². The molecule has 0 radical (unpaired) electrons. The summed E-state index contributed by atoms with van der Waals surface area (Å²) in [5.41, 5.74) is 2.07. The molecule has 0 aromatic carbocycles. The number of carbonyl (C=O) groups is 2. The lowest BCUT2D eigenvalue weighted by Crippen LogP contribution is -2.49. The second kappa shape index (κ2) is 8.54. The molecule has 6 heteroatoms. The molecule has 0 bridgehead atoms. The number of carboxylic acid groups (broad SMARTS) is 1. The summed E-state index contributed by atoms with van der Waals surface area (Å²) in [5, 5.41) is 10.8. The maximum absolute atomic E-state index is 11.7. The van der Waals surface area contributed by atoms with Gasteiger partial charge in [0.15, 0.2) is 0 Å². The quantitative estimate of drug-likeness (QED) is 0.514. The van der Waals surface area contributed by atoms with E-state index in [4.69, 9.17) is 5.11 Å². The summed E-state index contributed by atoms with van der Waals surface area (Å²) in [7, 11) is 0. The van der Waals surface area contributed by atoms with Crippen LogP contribution in [0.5, 0.6) is 0 Å². The highest BCUT2D eigenvalue weighted by atomic mass is 32.1. The van der Waals surface area contributed by atoms with Gasteiger partial charge in [0, 0.05) is 23.9 Å². The van der Waals surface area contributed by atoms with E-state index in [-0.39, 0.29) is 0 Å². The van der Waals surface area contributed by atoms with Crippen LogP contribution >= 0.6 is 11.3 Å². The van der Waals surface area contributed by atoms with Crippen molar-refractivity contribution in [1.82, 2.24) is 9.88 Å². The number of carbonyl (C=O) groups excluding carboxylic acids is 1. The maximum atomic E-state index is 11.7. The first-order valence-corrected chi connectivity index (χ1v) is 8.18. The van der Waals surface area contributed by atoms with Crippen molar-refractivity contribution < 1.29 is 14.7 Å². The lowest BCUT2D eigenvalue weighted by atomic mass is 10.0. The lowest BCUT2D eigenvalue weighted by Gasteiger charge is -2.34. The van der Waals surface area contributed by atoms with E-state index in [1.807, 2.05) is 26.2 Å². The zero-order valence-electron chi connectivity index (χ0n) is 13.3. The molecule has 0 spiro atoms. The molecule has 1 aromatic rings. The minimum atomic E-state index is -1.40. The molecule has 120 valence electrons. The van der Waals surface area contributed by atoms with Crippen molar-refractivity contribution in [2.45, 2.75) is 52.0 Å². The molecule has 1 amide bonds. The zero-order chi connectivity index (χ0) is 16.6. The average Bonchev–Trinajstić information content (AvgIpc) is 2.92. The summed E-state index contributed by atoms with van der Waals surface area (Å²) >= 11 is 1.52. The molecule has 0 fully saturated rings. The first kappa shape index (κ1) is 18.2. The molecule has 0 unspecified atom stereocenters. The Morgan fingerprint density at radius 2 is 2.05 bits per heavy atom. The fourth-order valence-electron chi connectivity index (χ4n) is 1.94. The van der Waals surface area contributed by atoms with Gasteiger partial charge >= 0.3 is 11.9 Å². The highest BCUT2D eigenvalue weighted by Gasteiger charge is 2.30. The van der Waals surface area contributed by atoms with Crippen molar-refractivity contribution >= 4 is 23.2 Å². The van der Waals surface area contributed by atoms with E-state index in [0.717, 1.165) is 31.4 Å². The van der Waals surface area contributed by atoms with E-state index in [2.05, 4.69) is 16.8 Å². The largest absolute Gasteiger partial charge is 0.474 e. The maximum Gasteiger partial charge on any atom is 0.394 e. The summed E-state index contributed by atoms with van der Waals surface area (Å²) in [6.07, 6.45) is 3.39. The molecular formula is C16H22N2O3S. The van der Waals surface area contributed by atoms with Crippen molar-refractivity contribution in [2.75, 3.05) is 6.54 Å². The number of unbranched alkanes of at least 4 members (excludes halogenated alkanes) is 3. The molecule has 5 nitrogen and oxygen atoms in total. The summed E-state index contributed by atoms with van der Waals surface area (Å²) in [6, 6.07) is 0. The minimum Gasteiger partial charge on any atom is -0.474 e. The Balaban J connectivity index is 2.31. The first-order chi connectivity index (χ1) is 10.3. The second-order valence-corrected chi connectivity index (χ2v) is 6.64. The molecular weight excluding hydrogens is 300 g/mol. The van der Waals surface area contributed by atoms with Gasteiger partial charge in [-0.05, 0) is 39.5 Å². The SMILES string of the molecule is CC(C)(C)N(CCCCCC#Cc1cscn1)C(=O)C(=O)O. The van der Waals surface area contributed by atoms with Crippen LogP contribution in [0, 0.1) is 11.8 Å². The summed E-state index contributed by atoms with van der Waals surface area (Å²) in [5.74, 6) is 3.82. The topological polar surface area (TPSA) is 70.5 Å². The third-order valence-corrected chi connectivity index (χ3v) is 3.66. The standard InChI is InChI=1S/C16H22N2O3S/c1-16(2,3)18(14(19)15(20)21)10-8-6-4-5-7-9-13-11-22-12-17-13/h11-12H,4-6,8,10H2,1-3H3,(H,20,21). The summed E-state index contributed by atoms with van der Waals surface area (Å²) in [6.45, 7) is 5.97. The Kier molecular flexibility index (Phi) is 7.06. The smallest absolute Gasteiger partial charge is 0.394 e. The predicted octanol–water partition coefficient (Wildman–Crippen LogP) is 2.77. The van der Waals surface area contributed by atoms with E-state index in [1.165, 1.54) is 16.2 Å².